The topological polar surface area (TPSA) is 99.1 Å². The highest BCUT2D eigenvalue weighted by Crippen LogP contribution is 2.34. The summed E-state index contributed by atoms with van der Waals surface area (Å²) in [4.78, 5) is 13.3. The molecule has 0 radical (unpaired) electrons. The van der Waals surface area contributed by atoms with Gasteiger partial charge in [-0.3, -0.25) is 9.10 Å². The van der Waals surface area contributed by atoms with Crippen molar-refractivity contribution in [2.24, 2.45) is 0 Å². The van der Waals surface area contributed by atoms with Gasteiger partial charge < -0.3 is 24.1 Å². The van der Waals surface area contributed by atoms with Crippen LogP contribution in [0.1, 0.15) is 6.92 Å². The lowest BCUT2D eigenvalue weighted by Crippen LogP contribution is -2.38. The molecule has 9 nitrogen and oxygen atoms in total. The summed E-state index contributed by atoms with van der Waals surface area (Å²) in [5, 5.41) is 4.97. The van der Waals surface area contributed by atoms with Gasteiger partial charge >= 0.3 is 0 Å². The van der Waals surface area contributed by atoms with Crippen molar-refractivity contribution in [2.75, 3.05) is 37.5 Å². The fraction of sp³-hybridized carbons (Fsp3) is 0.194. The van der Waals surface area contributed by atoms with Crippen LogP contribution in [-0.2, 0) is 21.4 Å². The molecule has 0 aliphatic heterocycles. The maximum atomic E-state index is 13.9. The van der Waals surface area contributed by atoms with Crippen molar-refractivity contribution < 1.29 is 27.4 Å². The summed E-state index contributed by atoms with van der Waals surface area (Å²) >= 11 is 0. The number of aromatic nitrogens is 1. The predicted molar refractivity (Wildman–Crippen MR) is 161 cm³/mol. The Morgan fingerprint density at radius 2 is 1.51 bits per heavy atom. The Balaban J connectivity index is 1.49. The predicted octanol–water partition coefficient (Wildman–Crippen LogP) is 5.67. The second-order valence-electron chi connectivity index (χ2n) is 9.27. The van der Waals surface area contributed by atoms with E-state index in [0.29, 0.717) is 22.9 Å². The van der Waals surface area contributed by atoms with E-state index in [9.17, 15) is 13.2 Å². The van der Waals surface area contributed by atoms with Crippen LogP contribution in [0.4, 0.5) is 11.4 Å². The van der Waals surface area contributed by atoms with Crippen LogP contribution in [-0.4, -0.2) is 46.8 Å². The van der Waals surface area contributed by atoms with E-state index in [0.717, 1.165) is 32.7 Å². The minimum atomic E-state index is -4.19. The number of para-hydroxylation sites is 1. The van der Waals surface area contributed by atoms with Gasteiger partial charge in [0.1, 0.15) is 12.3 Å². The molecule has 41 heavy (non-hydrogen) atoms. The number of anilines is 2. The first-order valence-corrected chi connectivity index (χ1v) is 14.4. The number of fused-ring (bicyclic) bond motifs is 3. The monoisotopic (exact) mass is 573 g/mol. The van der Waals surface area contributed by atoms with Crippen molar-refractivity contribution in [2.45, 2.75) is 18.4 Å². The van der Waals surface area contributed by atoms with E-state index in [2.05, 4.69) is 28.9 Å². The molecule has 0 aliphatic rings. The maximum Gasteiger partial charge on any atom is 0.264 e. The van der Waals surface area contributed by atoms with Gasteiger partial charge in [0.25, 0.3) is 10.0 Å². The Hall–Kier alpha value is -4.70. The average Bonchev–Trinajstić information content (AvgIpc) is 3.32. The number of rotatable bonds is 10. The van der Waals surface area contributed by atoms with E-state index >= 15 is 0 Å². The highest BCUT2D eigenvalue weighted by atomic mass is 32.2. The van der Waals surface area contributed by atoms with E-state index < -0.39 is 22.5 Å². The standard InChI is InChI=1S/C31H31N3O6S/c1-5-33-27-9-7-6-8-25(27)26-18-21(10-16-28(26)33)32-31(35)20-34(22-11-13-23(38-2)14-12-22)41(36,37)24-15-17-29(39-3)30(19-24)40-4/h6-19H,5,20H2,1-4H3,(H,32,35). The molecule has 1 amide bonds. The Morgan fingerprint density at radius 1 is 0.805 bits per heavy atom. The van der Waals surface area contributed by atoms with Gasteiger partial charge in [0, 0.05) is 40.1 Å². The van der Waals surface area contributed by atoms with E-state index in [1.54, 1.807) is 24.3 Å². The molecule has 0 saturated carbocycles. The number of nitrogens with one attached hydrogen (secondary N) is 1. The highest BCUT2D eigenvalue weighted by Gasteiger charge is 2.28. The molecule has 0 fully saturated rings. The lowest BCUT2D eigenvalue weighted by atomic mass is 10.1. The smallest absolute Gasteiger partial charge is 0.264 e. The first-order valence-electron chi connectivity index (χ1n) is 13.0. The Morgan fingerprint density at radius 3 is 2.20 bits per heavy atom. The maximum absolute atomic E-state index is 13.9. The molecule has 0 unspecified atom stereocenters. The molecule has 1 N–H and O–H groups in total. The molecule has 5 rings (SSSR count). The number of ether oxygens (including phenoxy) is 3. The SMILES string of the molecule is CCn1c2ccccc2c2cc(NC(=O)CN(c3ccc(OC)cc3)S(=O)(=O)c3ccc(OC)c(OC)c3)ccc21. The van der Waals surface area contributed by atoms with Crippen LogP contribution in [0.25, 0.3) is 21.8 Å². The second-order valence-corrected chi connectivity index (χ2v) is 11.1. The molecule has 4 aromatic carbocycles. The molecular weight excluding hydrogens is 542 g/mol. The fourth-order valence-corrected chi connectivity index (χ4v) is 6.41. The van der Waals surface area contributed by atoms with Crippen LogP contribution >= 0.6 is 0 Å². The molecular formula is C31H31N3O6S. The van der Waals surface area contributed by atoms with Gasteiger partial charge in [-0.2, -0.15) is 0 Å². The fourth-order valence-electron chi connectivity index (χ4n) is 4.97. The molecule has 0 bridgehead atoms. The zero-order chi connectivity index (χ0) is 29.1. The zero-order valence-corrected chi connectivity index (χ0v) is 24.1. The lowest BCUT2D eigenvalue weighted by molar-refractivity contribution is -0.114. The van der Waals surface area contributed by atoms with Crippen LogP contribution in [0, 0.1) is 0 Å². The quantitative estimate of drug-likeness (QED) is 0.231. The van der Waals surface area contributed by atoms with E-state index in [1.165, 1.54) is 39.5 Å². The van der Waals surface area contributed by atoms with Gasteiger partial charge in [0.05, 0.1) is 31.9 Å². The number of hydrogen-bond acceptors (Lipinski definition) is 6. The summed E-state index contributed by atoms with van der Waals surface area (Å²) in [5.74, 6) is 0.705. The number of aryl methyl sites for hydroxylation is 1. The van der Waals surface area contributed by atoms with Crippen molar-refractivity contribution in [1.29, 1.82) is 0 Å². The van der Waals surface area contributed by atoms with E-state index in [-0.39, 0.29) is 10.6 Å². The van der Waals surface area contributed by atoms with Crippen LogP contribution in [0.2, 0.25) is 0 Å². The van der Waals surface area contributed by atoms with Gasteiger partial charge in [0.2, 0.25) is 5.91 Å². The molecule has 0 spiro atoms. The number of methoxy groups -OCH3 is 3. The molecule has 0 atom stereocenters. The molecule has 5 aromatic rings. The summed E-state index contributed by atoms with van der Waals surface area (Å²) in [5.41, 5.74) is 3.04. The minimum Gasteiger partial charge on any atom is -0.497 e. The van der Waals surface area contributed by atoms with Crippen LogP contribution < -0.4 is 23.8 Å². The third kappa shape index (κ3) is 5.26. The normalized spacial score (nSPS) is 11.4. The van der Waals surface area contributed by atoms with Crippen molar-refractivity contribution in [3.8, 4) is 17.2 Å². The highest BCUT2D eigenvalue weighted by molar-refractivity contribution is 7.92. The minimum absolute atomic E-state index is 0.0486. The lowest BCUT2D eigenvalue weighted by Gasteiger charge is -2.24. The molecule has 0 aliphatic carbocycles. The summed E-state index contributed by atoms with van der Waals surface area (Å²) in [6.45, 7) is 2.44. The van der Waals surface area contributed by atoms with Crippen LogP contribution in [0.15, 0.2) is 89.8 Å². The molecule has 10 heteroatoms. The molecule has 0 saturated heterocycles. The van der Waals surface area contributed by atoms with E-state index in [4.69, 9.17) is 14.2 Å². The number of carbonyl (C=O) groups is 1. The molecule has 212 valence electrons. The summed E-state index contributed by atoms with van der Waals surface area (Å²) in [6.07, 6.45) is 0. The zero-order valence-electron chi connectivity index (χ0n) is 23.2. The van der Waals surface area contributed by atoms with Crippen molar-refractivity contribution in [3.63, 3.8) is 0 Å². The number of benzene rings is 4. The van der Waals surface area contributed by atoms with Crippen molar-refractivity contribution >= 4 is 49.1 Å². The summed E-state index contributed by atoms with van der Waals surface area (Å²) in [7, 11) is 0.232. The van der Waals surface area contributed by atoms with Crippen molar-refractivity contribution in [3.05, 3.63) is 84.9 Å². The average molecular weight is 574 g/mol. The van der Waals surface area contributed by atoms with Gasteiger partial charge in [-0.25, -0.2) is 8.42 Å². The number of amides is 1. The van der Waals surface area contributed by atoms with Gasteiger partial charge in [0.15, 0.2) is 11.5 Å². The first kappa shape index (κ1) is 27.9. The van der Waals surface area contributed by atoms with Crippen LogP contribution in [0.5, 0.6) is 17.2 Å². The summed E-state index contributed by atoms with van der Waals surface area (Å²) < 4.78 is 46.9. The van der Waals surface area contributed by atoms with E-state index in [1.807, 2.05) is 30.3 Å². The first-order chi connectivity index (χ1) is 19.8. The van der Waals surface area contributed by atoms with Gasteiger partial charge in [-0.1, -0.05) is 18.2 Å². The number of nitrogens with zero attached hydrogens (tertiary/aromatic N) is 2. The molecule has 1 aromatic heterocycles. The Kier molecular flexibility index (Phi) is 7.76. The Bertz CT molecular complexity index is 1830. The number of sulfonamides is 1. The molecule has 1 heterocycles. The van der Waals surface area contributed by atoms with Crippen molar-refractivity contribution in [1.82, 2.24) is 4.57 Å². The third-order valence-electron chi connectivity index (χ3n) is 6.96. The van der Waals surface area contributed by atoms with Gasteiger partial charge in [-0.05, 0) is 67.6 Å². The second kappa shape index (κ2) is 11.4. The largest absolute Gasteiger partial charge is 0.497 e. The van der Waals surface area contributed by atoms with Crippen LogP contribution in [0.3, 0.4) is 0 Å². The van der Waals surface area contributed by atoms with Gasteiger partial charge in [-0.15, -0.1) is 0 Å². The number of hydrogen-bond donors (Lipinski definition) is 1. The summed E-state index contributed by atoms with van der Waals surface area (Å²) in [6, 6.07) is 24.6. The Labute approximate surface area is 238 Å². The third-order valence-corrected chi connectivity index (χ3v) is 8.73. The number of carbonyl (C=O) groups excluding carboxylic acids is 1.